The van der Waals surface area contributed by atoms with Crippen molar-refractivity contribution in [1.29, 1.82) is 0 Å². The molecule has 0 spiro atoms. The average molecular weight is 233 g/mol. The van der Waals surface area contributed by atoms with Gasteiger partial charge in [-0.2, -0.15) is 0 Å². The Kier molecular flexibility index (Phi) is 4.00. The van der Waals surface area contributed by atoms with Gasteiger partial charge in [0.05, 0.1) is 0 Å². The average Bonchev–Trinajstić information content (AvgIpc) is 2.39. The molecular weight excluding hydrogens is 210 g/mol. The van der Waals surface area contributed by atoms with Gasteiger partial charge in [0.2, 0.25) is 0 Å². The number of rotatable bonds is 3. The van der Waals surface area contributed by atoms with E-state index in [2.05, 4.69) is 48.4 Å². The monoisotopic (exact) mass is 233 g/mol. The first-order chi connectivity index (χ1) is 8.20. The number of nitrogens with one attached hydrogen (secondary N) is 1. The van der Waals surface area contributed by atoms with Crippen LogP contribution in [0.15, 0.2) is 18.3 Å². The van der Waals surface area contributed by atoms with Gasteiger partial charge in [-0.15, -0.1) is 0 Å². The Labute approximate surface area is 104 Å². The number of aryl methyl sites for hydroxylation is 1. The minimum Gasteiger partial charge on any atom is -0.357 e. The highest BCUT2D eigenvalue weighted by Gasteiger charge is 2.23. The second-order valence-corrected chi connectivity index (χ2v) is 5.10. The van der Waals surface area contributed by atoms with Gasteiger partial charge in [-0.25, -0.2) is 4.98 Å². The lowest BCUT2D eigenvalue weighted by atomic mass is 9.90. The molecule has 1 aliphatic carbocycles. The SMILES string of the molecule is CNC1CCC(N(C)c2ccc(C)cn2)CC1. The highest BCUT2D eigenvalue weighted by Crippen LogP contribution is 2.25. The summed E-state index contributed by atoms with van der Waals surface area (Å²) < 4.78 is 0. The van der Waals surface area contributed by atoms with Crippen molar-refractivity contribution < 1.29 is 0 Å². The zero-order valence-electron chi connectivity index (χ0n) is 11.1. The molecule has 1 heterocycles. The Bertz CT molecular complexity index is 339. The Morgan fingerprint density at radius 2 is 1.94 bits per heavy atom. The van der Waals surface area contributed by atoms with E-state index in [1.807, 2.05) is 6.20 Å². The first-order valence-electron chi connectivity index (χ1n) is 6.53. The fourth-order valence-corrected chi connectivity index (χ4v) is 2.61. The Morgan fingerprint density at radius 1 is 1.24 bits per heavy atom. The van der Waals surface area contributed by atoms with Gasteiger partial charge in [-0.05, 0) is 51.3 Å². The van der Waals surface area contributed by atoms with Crippen molar-refractivity contribution in [3.8, 4) is 0 Å². The topological polar surface area (TPSA) is 28.2 Å². The van der Waals surface area contributed by atoms with E-state index in [-0.39, 0.29) is 0 Å². The molecule has 0 saturated heterocycles. The van der Waals surface area contributed by atoms with E-state index in [1.54, 1.807) is 0 Å². The third-order valence-electron chi connectivity index (χ3n) is 3.91. The van der Waals surface area contributed by atoms with Crippen LogP contribution in [0.3, 0.4) is 0 Å². The second-order valence-electron chi connectivity index (χ2n) is 5.10. The summed E-state index contributed by atoms with van der Waals surface area (Å²) in [5.41, 5.74) is 1.22. The molecule has 1 aliphatic rings. The molecule has 0 bridgehead atoms. The van der Waals surface area contributed by atoms with Gasteiger partial charge in [0.25, 0.3) is 0 Å². The van der Waals surface area contributed by atoms with Crippen LogP contribution in [-0.2, 0) is 0 Å². The Morgan fingerprint density at radius 3 is 2.47 bits per heavy atom. The molecule has 0 amide bonds. The van der Waals surface area contributed by atoms with Crippen molar-refractivity contribution in [2.24, 2.45) is 0 Å². The van der Waals surface area contributed by atoms with Gasteiger partial charge >= 0.3 is 0 Å². The normalized spacial score (nSPS) is 24.6. The fraction of sp³-hybridized carbons (Fsp3) is 0.643. The predicted molar refractivity (Wildman–Crippen MR) is 72.5 cm³/mol. The summed E-state index contributed by atoms with van der Waals surface area (Å²) in [5.74, 6) is 1.10. The van der Waals surface area contributed by atoms with Crippen molar-refractivity contribution >= 4 is 5.82 Å². The number of nitrogens with zero attached hydrogens (tertiary/aromatic N) is 2. The van der Waals surface area contributed by atoms with E-state index >= 15 is 0 Å². The van der Waals surface area contributed by atoms with Crippen LogP contribution in [0.4, 0.5) is 5.82 Å². The van der Waals surface area contributed by atoms with Crippen LogP contribution in [0.25, 0.3) is 0 Å². The number of pyridine rings is 1. The van der Waals surface area contributed by atoms with Crippen LogP contribution in [0.1, 0.15) is 31.2 Å². The van der Waals surface area contributed by atoms with Crippen LogP contribution < -0.4 is 10.2 Å². The first kappa shape index (κ1) is 12.4. The van der Waals surface area contributed by atoms with Crippen LogP contribution in [0.5, 0.6) is 0 Å². The molecule has 17 heavy (non-hydrogen) atoms. The number of aromatic nitrogens is 1. The Hall–Kier alpha value is -1.09. The molecule has 1 fully saturated rings. The van der Waals surface area contributed by atoms with Gasteiger partial charge in [0.15, 0.2) is 0 Å². The minimum absolute atomic E-state index is 0.648. The van der Waals surface area contributed by atoms with Crippen molar-refractivity contribution in [2.75, 3.05) is 19.0 Å². The second kappa shape index (κ2) is 5.50. The molecule has 1 saturated carbocycles. The van der Waals surface area contributed by atoms with Crippen LogP contribution in [0, 0.1) is 6.92 Å². The third kappa shape index (κ3) is 2.97. The molecule has 0 aromatic carbocycles. The molecule has 1 aromatic rings. The van der Waals surface area contributed by atoms with E-state index in [1.165, 1.54) is 31.2 Å². The maximum Gasteiger partial charge on any atom is 0.128 e. The summed E-state index contributed by atoms with van der Waals surface area (Å²) in [6.45, 7) is 2.08. The molecule has 94 valence electrons. The van der Waals surface area contributed by atoms with E-state index in [9.17, 15) is 0 Å². The van der Waals surface area contributed by atoms with Crippen molar-refractivity contribution in [3.05, 3.63) is 23.9 Å². The standard InChI is InChI=1S/C14H23N3/c1-11-4-9-14(16-10-11)17(3)13-7-5-12(15-2)6-8-13/h4,9-10,12-13,15H,5-8H2,1-3H3. The Balaban J connectivity index is 1.96. The van der Waals surface area contributed by atoms with Gasteiger partial charge in [0, 0.05) is 25.3 Å². The molecule has 0 aliphatic heterocycles. The molecule has 1 N–H and O–H groups in total. The summed E-state index contributed by atoms with van der Waals surface area (Å²) in [6.07, 6.45) is 7.02. The minimum atomic E-state index is 0.648. The lowest BCUT2D eigenvalue weighted by Crippen LogP contribution is -2.40. The van der Waals surface area contributed by atoms with Gasteiger partial charge in [0.1, 0.15) is 5.82 Å². The lowest BCUT2D eigenvalue weighted by Gasteiger charge is -2.35. The largest absolute Gasteiger partial charge is 0.357 e. The van der Waals surface area contributed by atoms with Gasteiger partial charge < -0.3 is 10.2 Å². The van der Waals surface area contributed by atoms with Crippen molar-refractivity contribution in [3.63, 3.8) is 0 Å². The maximum absolute atomic E-state index is 4.50. The predicted octanol–water partition coefficient (Wildman–Crippen LogP) is 2.36. The number of hydrogen-bond acceptors (Lipinski definition) is 3. The van der Waals surface area contributed by atoms with Crippen LogP contribution in [-0.4, -0.2) is 31.2 Å². The highest BCUT2D eigenvalue weighted by atomic mass is 15.2. The highest BCUT2D eigenvalue weighted by molar-refractivity contribution is 5.39. The molecule has 2 rings (SSSR count). The van der Waals surface area contributed by atoms with Crippen LogP contribution in [0.2, 0.25) is 0 Å². The summed E-state index contributed by atoms with van der Waals surface area (Å²) in [7, 11) is 4.23. The molecule has 3 heteroatoms. The summed E-state index contributed by atoms with van der Waals surface area (Å²) in [5, 5.41) is 3.38. The quantitative estimate of drug-likeness (QED) is 0.868. The van der Waals surface area contributed by atoms with E-state index in [4.69, 9.17) is 0 Å². The summed E-state index contributed by atoms with van der Waals surface area (Å²) in [6, 6.07) is 5.62. The smallest absolute Gasteiger partial charge is 0.128 e. The fourth-order valence-electron chi connectivity index (χ4n) is 2.61. The summed E-state index contributed by atoms with van der Waals surface area (Å²) in [4.78, 5) is 6.84. The van der Waals surface area contributed by atoms with Crippen molar-refractivity contribution in [2.45, 2.75) is 44.7 Å². The zero-order valence-corrected chi connectivity index (χ0v) is 11.1. The molecule has 0 radical (unpaired) electrons. The molecular formula is C14H23N3. The van der Waals surface area contributed by atoms with E-state index in [0.29, 0.717) is 12.1 Å². The molecule has 0 unspecified atom stereocenters. The number of hydrogen-bond donors (Lipinski definition) is 1. The van der Waals surface area contributed by atoms with E-state index < -0.39 is 0 Å². The summed E-state index contributed by atoms with van der Waals surface area (Å²) >= 11 is 0. The molecule has 0 atom stereocenters. The van der Waals surface area contributed by atoms with Gasteiger partial charge in [-0.3, -0.25) is 0 Å². The maximum atomic E-state index is 4.50. The molecule has 3 nitrogen and oxygen atoms in total. The van der Waals surface area contributed by atoms with Gasteiger partial charge in [-0.1, -0.05) is 6.07 Å². The lowest BCUT2D eigenvalue weighted by molar-refractivity contribution is 0.350. The van der Waals surface area contributed by atoms with E-state index in [0.717, 1.165) is 5.82 Å². The number of anilines is 1. The van der Waals surface area contributed by atoms with Crippen LogP contribution >= 0.6 is 0 Å². The first-order valence-corrected chi connectivity index (χ1v) is 6.53. The third-order valence-corrected chi connectivity index (χ3v) is 3.91. The van der Waals surface area contributed by atoms with Crippen molar-refractivity contribution in [1.82, 2.24) is 10.3 Å². The molecule has 1 aromatic heterocycles. The zero-order chi connectivity index (χ0) is 12.3.